The van der Waals surface area contributed by atoms with Crippen LogP contribution in [0.5, 0.6) is 0 Å². The van der Waals surface area contributed by atoms with Gasteiger partial charge in [0, 0.05) is 13.2 Å². The predicted octanol–water partition coefficient (Wildman–Crippen LogP) is 2.85. The van der Waals surface area contributed by atoms with Crippen molar-refractivity contribution in [1.82, 2.24) is 14.5 Å². The lowest BCUT2D eigenvalue weighted by Gasteiger charge is -2.18. The van der Waals surface area contributed by atoms with E-state index in [1.807, 2.05) is 30.1 Å². The molecule has 0 unspecified atom stereocenters. The van der Waals surface area contributed by atoms with Gasteiger partial charge in [0.05, 0.1) is 16.8 Å². The number of benzene rings is 1. The third-order valence-corrected chi connectivity index (χ3v) is 3.69. The van der Waals surface area contributed by atoms with E-state index in [9.17, 15) is 4.79 Å². The molecule has 3 heterocycles. The summed E-state index contributed by atoms with van der Waals surface area (Å²) < 4.78 is 1.57. The molecule has 0 bridgehead atoms. The van der Waals surface area contributed by atoms with E-state index in [0.717, 1.165) is 5.69 Å². The van der Waals surface area contributed by atoms with E-state index >= 15 is 0 Å². The molecule has 0 aliphatic carbocycles. The molecule has 98 valence electrons. The Morgan fingerprint density at radius 1 is 1.15 bits per heavy atom. The quantitative estimate of drug-likeness (QED) is 0.596. The van der Waals surface area contributed by atoms with Crippen LogP contribution in [0.1, 0.15) is 10.4 Å². The summed E-state index contributed by atoms with van der Waals surface area (Å²) in [5.41, 5.74) is 2.77. The summed E-state index contributed by atoms with van der Waals surface area (Å²) in [7, 11) is 1.87. The van der Waals surface area contributed by atoms with Crippen molar-refractivity contribution in [3.63, 3.8) is 0 Å². The lowest BCUT2D eigenvalue weighted by Crippen LogP contribution is -2.13. The molecule has 0 amide bonds. The number of anilines is 2. The van der Waals surface area contributed by atoms with Crippen molar-refractivity contribution in [2.24, 2.45) is 0 Å². The molecule has 1 aliphatic rings. The Labute approximate surface area is 119 Å². The van der Waals surface area contributed by atoms with Gasteiger partial charge in [-0.1, -0.05) is 12.1 Å². The lowest BCUT2D eigenvalue weighted by molar-refractivity contribution is 0.0966. The Morgan fingerprint density at radius 2 is 1.95 bits per heavy atom. The highest BCUT2D eigenvalue weighted by molar-refractivity contribution is 6.29. The molecule has 20 heavy (non-hydrogen) atoms. The molecular weight excluding hydrogens is 276 g/mol. The number of halogens is 1. The number of rotatable bonds is 0. The second-order valence-corrected chi connectivity index (χ2v) is 4.96. The highest BCUT2D eigenvalue weighted by Gasteiger charge is 2.26. The average Bonchev–Trinajstić information content (AvgIpc) is 2.85. The zero-order valence-electron chi connectivity index (χ0n) is 10.5. The van der Waals surface area contributed by atoms with Gasteiger partial charge in [0.2, 0.25) is 5.28 Å². The predicted molar refractivity (Wildman–Crippen MR) is 76.8 cm³/mol. The van der Waals surface area contributed by atoms with Gasteiger partial charge in [0.1, 0.15) is 5.52 Å². The maximum absolute atomic E-state index is 12.7. The summed E-state index contributed by atoms with van der Waals surface area (Å²) >= 11 is 5.97. The maximum atomic E-state index is 12.7. The van der Waals surface area contributed by atoms with E-state index < -0.39 is 0 Å². The molecule has 0 spiro atoms. The van der Waals surface area contributed by atoms with E-state index in [0.29, 0.717) is 22.4 Å². The average molecular weight is 285 g/mol. The number of para-hydroxylation sites is 1. The molecule has 4 rings (SSSR count). The first-order chi connectivity index (χ1) is 9.66. The van der Waals surface area contributed by atoms with Gasteiger partial charge in [0.25, 0.3) is 5.91 Å². The van der Waals surface area contributed by atoms with Gasteiger partial charge in [-0.3, -0.25) is 9.36 Å². The lowest BCUT2D eigenvalue weighted by atomic mass is 10.1. The van der Waals surface area contributed by atoms with E-state index in [2.05, 4.69) is 9.97 Å². The number of carbonyl (C=O) groups excluding carboxylic acids is 1. The van der Waals surface area contributed by atoms with Crippen LogP contribution in [0.3, 0.4) is 0 Å². The van der Waals surface area contributed by atoms with Gasteiger partial charge in [-0.05, 0) is 29.8 Å². The first kappa shape index (κ1) is 11.4. The van der Waals surface area contributed by atoms with Crippen molar-refractivity contribution in [3.05, 3.63) is 47.4 Å². The fraction of sp³-hybridized carbons (Fsp3) is 0.0714. The van der Waals surface area contributed by atoms with E-state index in [4.69, 9.17) is 11.6 Å². The number of carbonyl (C=O) groups is 1. The highest BCUT2D eigenvalue weighted by Crippen LogP contribution is 2.36. The monoisotopic (exact) mass is 284 g/mol. The second kappa shape index (κ2) is 3.80. The summed E-state index contributed by atoms with van der Waals surface area (Å²) in [6.07, 6.45) is 1.71. The van der Waals surface area contributed by atoms with Crippen molar-refractivity contribution in [2.75, 3.05) is 11.9 Å². The van der Waals surface area contributed by atoms with Gasteiger partial charge in [-0.2, -0.15) is 4.98 Å². The summed E-state index contributed by atoms with van der Waals surface area (Å²) in [6, 6.07) is 9.21. The molecule has 2 aromatic heterocycles. The van der Waals surface area contributed by atoms with Crippen LogP contribution in [0, 0.1) is 0 Å². The SMILES string of the molecule is CN1c2ccccc2C(=O)n2ccc3nc(Cl)nc1c32. The zero-order valence-corrected chi connectivity index (χ0v) is 11.3. The molecule has 0 atom stereocenters. The standard InChI is InChI=1S/C14H9ClN4O/c1-18-10-5-3-2-4-8(10)13(20)19-7-6-9-11(19)12(18)17-14(15)16-9/h2-7H,1H3. The first-order valence-corrected chi connectivity index (χ1v) is 6.46. The van der Waals surface area contributed by atoms with Crippen LogP contribution >= 0.6 is 11.6 Å². The van der Waals surface area contributed by atoms with E-state index in [1.165, 1.54) is 0 Å². The van der Waals surface area contributed by atoms with E-state index in [-0.39, 0.29) is 11.2 Å². The summed E-state index contributed by atoms with van der Waals surface area (Å²) in [4.78, 5) is 23.0. The summed E-state index contributed by atoms with van der Waals surface area (Å²) in [5, 5.41) is 0.170. The van der Waals surface area contributed by atoms with Crippen LogP contribution in [0.4, 0.5) is 11.5 Å². The third kappa shape index (κ3) is 1.35. The number of fused-ring (bicyclic) bond motifs is 1. The number of nitrogens with zero attached hydrogens (tertiary/aromatic N) is 4. The van der Waals surface area contributed by atoms with Crippen LogP contribution < -0.4 is 4.90 Å². The molecule has 0 saturated carbocycles. The van der Waals surface area contributed by atoms with E-state index in [1.54, 1.807) is 22.9 Å². The third-order valence-electron chi connectivity index (χ3n) is 3.52. The van der Waals surface area contributed by atoms with Crippen LogP contribution in [-0.2, 0) is 0 Å². The zero-order chi connectivity index (χ0) is 13.9. The fourth-order valence-electron chi connectivity index (χ4n) is 2.59. The molecule has 5 nitrogen and oxygen atoms in total. The fourth-order valence-corrected chi connectivity index (χ4v) is 2.76. The van der Waals surface area contributed by atoms with Crippen molar-refractivity contribution in [3.8, 4) is 0 Å². The van der Waals surface area contributed by atoms with Gasteiger partial charge in [-0.15, -0.1) is 0 Å². The maximum Gasteiger partial charge on any atom is 0.264 e. The van der Waals surface area contributed by atoms with Crippen LogP contribution in [0.15, 0.2) is 36.5 Å². The molecule has 6 heteroatoms. The van der Waals surface area contributed by atoms with Gasteiger partial charge in [0.15, 0.2) is 5.82 Å². The van der Waals surface area contributed by atoms with Crippen molar-refractivity contribution >= 4 is 40.0 Å². The molecule has 0 radical (unpaired) electrons. The minimum Gasteiger partial charge on any atom is -0.327 e. The number of hydrogen-bond donors (Lipinski definition) is 0. The van der Waals surface area contributed by atoms with Crippen LogP contribution in [0.25, 0.3) is 11.0 Å². The molecule has 0 fully saturated rings. The first-order valence-electron chi connectivity index (χ1n) is 6.09. The molecule has 0 N–H and O–H groups in total. The Balaban J connectivity index is 2.18. The van der Waals surface area contributed by atoms with Crippen molar-refractivity contribution in [2.45, 2.75) is 0 Å². The van der Waals surface area contributed by atoms with Crippen LogP contribution in [-0.4, -0.2) is 27.5 Å². The Hall–Kier alpha value is -2.40. The summed E-state index contributed by atoms with van der Waals surface area (Å²) in [6.45, 7) is 0. The van der Waals surface area contributed by atoms with Gasteiger partial charge >= 0.3 is 0 Å². The largest absolute Gasteiger partial charge is 0.327 e. The second-order valence-electron chi connectivity index (χ2n) is 4.62. The van der Waals surface area contributed by atoms with Gasteiger partial charge in [-0.25, -0.2) is 4.98 Å². The van der Waals surface area contributed by atoms with Gasteiger partial charge < -0.3 is 4.90 Å². The Bertz CT molecular complexity index is 871. The minimum absolute atomic E-state index is 0.0906. The number of aromatic nitrogens is 3. The summed E-state index contributed by atoms with van der Waals surface area (Å²) in [5.74, 6) is 0.537. The van der Waals surface area contributed by atoms with Crippen LogP contribution in [0.2, 0.25) is 5.28 Å². The van der Waals surface area contributed by atoms with Crippen molar-refractivity contribution < 1.29 is 4.79 Å². The molecule has 1 aliphatic heterocycles. The highest BCUT2D eigenvalue weighted by atomic mass is 35.5. The molecular formula is C14H9ClN4O. The Kier molecular flexibility index (Phi) is 2.17. The molecule has 1 aromatic carbocycles. The topological polar surface area (TPSA) is 51.0 Å². The normalized spacial score (nSPS) is 13.5. The Morgan fingerprint density at radius 3 is 2.80 bits per heavy atom. The minimum atomic E-state index is -0.0906. The van der Waals surface area contributed by atoms with Crippen molar-refractivity contribution in [1.29, 1.82) is 0 Å². The molecule has 0 saturated heterocycles. The molecule has 3 aromatic rings. The smallest absolute Gasteiger partial charge is 0.264 e. The number of hydrogen-bond acceptors (Lipinski definition) is 4.